The van der Waals surface area contributed by atoms with Crippen molar-refractivity contribution in [3.05, 3.63) is 32.7 Å². The van der Waals surface area contributed by atoms with Gasteiger partial charge >= 0.3 is 5.00 Å². The van der Waals surface area contributed by atoms with Crippen LogP contribution in [0, 0.1) is 10.1 Å². The van der Waals surface area contributed by atoms with E-state index in [9.17, 15) is 19.7 Å². The lowest BCUT2D eigenvalue weighted by atomic mass is 10.2. The molecule has 1 aromatic heterocycles. The predicted molar refractivity (Wildman–Crippen MR) is 57.3 cm³/mol. The Balaban J connectivity index is 3.09. The molecule has 0 saturated carbocycles. The summed E-state index contributed by atoms with van der Waals surface area (Å²) in [6, 6.07) is 2.66. The van der Waals surface area contributed by atoms with E-state index in [1.54, 1.807) is 0 Å². The van der Waals surface area contributed by atoms with Crippen molar-refractivity contribution in [1.29, 1.82) is 0 Å². The Kier molecular flexibility index (Phi) is 3.36. The summed E-state index contributed by atoms with van der Waals surface area (Å²) in [5.41, 5.74) is 9.44. The van der Waals surface area contributed by atoms with Gasteiger partial charge in [-0.15, -0.1) is 0 Å². The number of primary amides is 2. The summed E-state index contributed by atoms with van der Waals surface area (Å²) in [6.45, 7) is 0. The maximum atomic E-state index is 10.8. The Labute approximate surface area is 93.5 Å². The second-order valence-electron chi connectivity index (χ2n) is 2.72. The number of carbonyl (C=O) groups excluding carboxylic acids is 2. The van der Waals surface area contributed by atoms with Crippen molar-refractivity contribution in [2.75, 3.05) is 0 Å². The highest BCUT2D eigenvalue weighted by Crippen LogP contribution is 2.25. The van der Waals surface area contributed by atoms with Crippen LogP contribution in [0.4, 0.5) is 5.00 Å². The van der Waals surface area contributed by atoms with E-state index < -0.39 is 22.3 Å². The van der Waals surface area contributed by atoms with Crippen LogP contribution in [0.2, 0.25) is 0 Å². The molecule has 0 aromatic carbocycles. The zero-order chi connectivity index (χ0) is 12.3. The van der Waals surface area contributed by atoms with E-state index >= 15 is 0 Å². The summed E-state index contributed by atoms with van der Waals surface area (Å²) < 4.78 is 0. The summed E-state index contributed by atoms with van der Waals surface area (Å²) in [7, 11) is 0. The monoisotopic (exact) mass is 241 g/mol. The molecule has 0 atom stereocenters. The number of nitro groups is 1. The van der Waals surface area contributed by atoms with Gasteiger partial charge in [0.2, 0.25) is 0 Å². The van der Waals surface area contributed by atoms with E-state index in [1.807, 2.05) is 0 Å². The Morgan fingerprint density at radius 3 is 2.25 bits per heavy atom. The van der Waals surface area contributed by atoms with Gasteiger partial charge in [-0.3, -0.25) is 19.7 Å². The topological polar surface area (TPSA) is 129 Å². The molecule has 0 fully saturated rings. The largest absolute Gasteiger partial charge is 0.365 e. The third kappa shape index (κ3) is 2.64. The summed E-state index contributed by atoms with van der Waals surface area (Å²) in [4.78, 5) is 31.8. The second-order valence-corrected chi connectivity index (χ2v) is 3.81. The number of hydrogen-bond acceptors (Lipinski definition) is 5. The van der Waals surface area contributed by atoms with Gasteiger partial charge in [-0.25, -0.2) is 0 Å². The van der Waals surface area contributed by atoms with Crippen LogP contribution in [-0.2, 0) is 9.59 Å². The lowest BCUT2D eigenvalue weighted by Crippen LogP contribution is -2.25. The minimum atomic E-state index is -0.969. The van der Waals surface area contributed by atoms with E-state index in [0.29, 0.717) is 4.88 Å². The van der Waals surface area contributed by atoms with Crippen LogP contribution in [0.15, 0.2) is 17.7 Å². The smallest absolute Gasteiger partial charge is 0.324 e. The first-order valence-corrected chi connectivity index (χ1v) is 4.79. The molecule has 8 heteroatoms. The summed E-state index contributed by atoms with van der Waals surface area (Å²) >= 11 is 0.813. The molecule has 1 rings (SSSR count). The van der Waals surface area contributed by atoms with Crippen LogP contribution >= 0.6 is 11.3 Å². The van der Waals surface area contributed by atoms with Gasteiger partial charge < -0.3 is 11.5 Å². The van der Waals surface area contributed by atoms with Crippen molar-refractivity contribution >= 4 is 34.2 Å². The Bertz CT molecular complexity index is 475. The molecule has 0 saturated heterocycles. The minimum absolute atomic E-state index is 0.0976. The molecule has 1 aromatic rings. The highest BCUT2D eigenvalue weighted by Gasteiger charge is 2.14. The fourth-order valence-corrected chi connectivity index (χ4v) is 1.69. The standard InChI is InChI=1S/C8H7N3O4S/c9-7(12)5(8(10)13)3-4-1-2-6(16-4)11(14)15/h1-3H,(H2,9,12)(H2,10,13). The SMILES string of the molecule is NC(=O)C(=Cc1ccc([N+](=O)[O-])s1)C(N)=O. The maximum Gasteiger partial charge on any atom is 0.324 e. The number of carbonyl (C=O) groups is 2. The van der Waals surface area contributed by atoms with E-state index in [1.165, 1.54) is 12.1 Å². The van der Waals surface area contributed by atoms with Gasteiger partial charge in [0, 0.05) is 10.9 Å². The van der Waals surface area contributed by atoms with Crippen molar-refractivity contribution in [2.45, 2.75) is 0 Å². The molecule has 0 bridgehead atoms. The van der Waals surface area contributed by atoms with Gasteiger partial charge in [0.15, 0.2) is 0 Å². The number of hydrogen-bond donors (Lipinski definition) is 2. The third-order valence-electron chi connectivity index (χ3n) is 1.61. The van der Waals surface area contributed by atoms with Crippen LogP contribution in [0.1, 0.15) is 4.88 Å². The lowest BCUT2D eigenvalue weighted by molar-refractivity contribution is -0.380. The molecule has 0 aliphatic rings. The fourth-order valence-electron chi connectivity index (χ4n) is 0.924. The molecule has 4 N–H and O–H groups in total. The normalized spacial score (nSPS) is 9.50. The predicted octanol–water partition coefficient (Wildman–Crippen LogP) is 0.0103. The van der Waals surface area contributed by atoms with Gasteiger partial charge in [-0.2, -0.15) is 0 Å². The zero-order valence-corrected chi connectivity index (χ0v) is 8.69. The molecule has 0 spiro atoms. The molecule has 2 amide bonds. The fraction of sp³-hybridized carbons (Fsp3) is 0. The molecule has 1 heterocycles. The third-order valence-corrected chi connectivity index (χ3v) is 2.59. The molecular formula is C8H7N3O4S. The first-order valence-electron chi connectivity index (χ1n) is 3.97. The van der Waals surface area contributed by atoms with Crippen molar-refractivity contribution in [1.82, 2.24) is 0 Å². The molecule has 84 valence electrons. The lowest BCUT2D eigenvalue weighted by Gasteiger charge is -1.94. The summed E-state index contributed by atoms with van der Waals surface area (Å²) in [5.74, 6) is -1.94. The van der Waals surface area contributed by atoms with Crippen LogP contribution in [0.5, 0.6) is 0 Å². The van der Waals surface area contributed by atoms with Crippen LogP contribution < -0.4 is 11.5 Å². The van der Waals surface area contributed by atoms with Gasteiger partial charge in [-0.1, -0.05) is 11.3 Å². The number of nitrogens with zero attached hydrogens (tertiary/aromatic N) is 1. The number of nitrogens with two attached hydrogens (primary N) is 2. The average Bonchev–Trinajstić information content (AvgIpc) is 2.61. The Hall–Kier alpha value is -2.22. The quantitative estimate of drug-likeness (QED) is 0.253. The van der Waals surface area contributed by atoms with Crippen molar-refractivity contribution in [3.63, 3.8) is 0 Å². The molecule has 0 unspecified atom stereocenters. The van der Waals surface area contributed by atoms with Gasteiger partial charge in [0.25, 0.3) is 11.8 Å². The van der Waals surface area contributed by atoms with E-state index in [-0.39, 0.29) is 5.00 Å². The van der Waals surface area contributed by atoms with Crippen molar-refractivity contribution < 1.29 is 14.5 Å². The summed E-state index contributed by atoms with van der Waals surface area (Å²) in [5, 5.41) is 10.3. The molecular weight excluding hydrogens is 234 g/mol. The van der Waals surface area contributed by atoms with Crippen LogP contribution in [0.3, 0.4) is 0 Å². The number of thiophene rings is 1. The Morgan fingerprint density at radius 1 is 1.31 bits per heavy atom. The molecule has 0 aliphatic carbocycles. The van der Waals surface area contributed by atoms with Crippen molar-refractivity contribution in [3.8, 4) is 0 Å². The van der Waals surface area contributed by atoms with E-state index in [4.69, 9.17) is 11.5 Å². The number of amides is 2. The molecule has 7 nitrogen and oxygen atoms in total. The number of rotatable bonds is 4. The molecule has 0 radical (unpaired) electrons. The molecule has 0 aliphatic heterocycles. The minimum Gasteiger partial charge on any atom is -0.365 e. The highest BCUT2D eigenvalue weighted by atomic mass is 32.1. The van der Waals surface area contributed by atoms with E-state index in [2.05, 4.69) is 0 Å². The van der Waals surface area contributed by atoms with E-state index in [0.717, 1.165) is 17.4 Å². The zero-order valence-electron chi connectivity index (χ0n) is 7.88. The van der Waals surface area contributed by atoms with Gasteiger partial charge in [0.05, 0.1) is 4.92 Å². The highest BCUT2D eigenvalue weighted by molar-refractivity contribution is 7.16. The van der Waals surface area contributed by atoms with Crippen molar-refractivity contribution in [2.24, 2.45) is 11.5 Å². The first-order chi connectivity index (χ1) is 7.41. The Morgan fingerprint density at radius 2 is 1.88 bits per heavy atom. The molecule has 16 heavy (non-hydrogen) atoms. The second kappa shape index (κ2) is 4.53. The van der Waals surface area contributed by atoms with Gasteiger partial charge in [-0.05, 0) is 12.1 Å². The summed E-state index contributed by atoms with van der Waals surface area (Å²) in [6.07, 6.45) is 1.13. The van der Waals surface area contributed by atoms with Crippen LogP contribution in [-0.4, -0.2) is 16.7 Å². The van der Waals surface area contributed by atoms with Crippen LogP contribution in [0.25, 0.3) is 6.08 Å². The first kappa shape index (κ1) is 11.9. The maximum absolute atomic E-state index is 10.8. The average molecular weight is 241 g/mol. The van der Waals surface area contributed by atoms with Gasteiger partial charge in [0.1, 0.15) is 5.57 Å².